The first-order valence-electron chi connectivity index (χ1n) is 9.84. The van der Waals surface area contributed by atoms with Crippen molar-refractivity contribution in [2.24, 2.45) is 33.8 Å². The van der Waals surface area contributed by atoms with Gasteiger partial charge in [-0.05, 0) is 12.0 Å². The van der Waals surface area contributed by atoms with E-state index in [2.05, 4.69) is 24.3 Å². The minimum Gasteiger partial charge on any atom is -0.399 e. The number of ether oxygens (including phenoxy) is 4. The molecule has 0 aromatic rings. The molecule has 6 bridgehead atoms. The van der Waals surface area contributed by atoms with Crippen LogP contribution in [0.3, 0.4) is 0 Å². The number of fused-ring (bicyclic) bond motifs is 8. The van der Waals surface area contributed by atoms with Crippen LogP contribution in [0.15, 0.2) is 22.4 Å². The van der Waals surface area contributed by atoms with E-state index in [1.165, 1.54) is 0 Å². The Morgan fingerprint density at radius 2 is 1.61 bits per heavy atom. The second kappa shape index (κ2) is 5.43. The molecule has 10 nitrogen and oxygen atoms in total. The Balaban J connectivity index is 1.81. The number of nitrogens with zero attached hydrogens (tertiary/aromatic N) is 5. The van der Waals surface area contributed by atoms with Crippen LogP contribution in [0.1, 0.15) is 6.42 Å². The fourth-order valence-corrected chi connectivity index (χ4v) is 6.80. The van der Waals surface area contributed by atoms with Crippen LogP contribution in [0.4, 0.5) is 0 Å². The zero-order valence-electron chi connectivity index (χ0n) is 16.0. The molecule has 4 fully saturated rings. The molecule has 4 heterocycles. The van der Waals surface area contributed by atoms with Gasteiger partial charge >= 0.3 is 0 Å². The molecule has 1 spiro atoms. The first kappa shape index (κ1) is 18.3. The minimum absolute atomic E-state index is 0.0811. The highest BCUT2D eigenvalue weighted by molar-refractivity contribution is 5.65. The SMILES string of the molecule is N#CC1=C(N)C(C#N)(C#N)C23CC(C4COC2O4)C(C#N)(C#N)C2C3=C1C1OCC2O1. The quantitative estimate of drug-likeness (QED) is 0.576. The Morgan fingerprint density at radius 3 is 2.26 bits per heavy atom. The molecule has 0 amide bonds. The fourth-order valence-electron chi connectivity index (χ4n) is 6.80. The third kappa shape index (κ3) is 1.59. The van der Waals surface area contributed by atoms with Crippen molar-refractivity contribution in [2.75, 3.05) is 13.2 Å². The summed E-state index contributed by atoms with van der Waals surface area (Å²) in [5, 5.41) is 51.2. The number of hydrogen-bond donors (Lipinski definition) is 1. The lowest BCUT2D eigenvalue weighted by Crippen LogP contribution is -2.68. The summed E-state index contributed by atoms with van der Waals surface area (Å²) in [6, 6.07) is 10.6. The maximum absolute atomic E-state index is 10.3. The number of allylic oxidation sites excluding steroid dienone is 1. The first-order chi connectivity index (χ1) is 15.0. The molecular weight excluding hydrogens is 400 g/mol. The third-order valence-corrected chi connectivity index (χ3v) is 8.01. The van der Waals surface area contributed by atoms with E-state index in [0.717, 1.165) is 0 Å². The van der Waals surface area contributed by atoms with Gasteiger partial charge in [0.25, 0.3) is 0 Å². The largest absolute Gasteiger partial charge is 0.399 e. The Morgan fingerprint density at radius 1 is 0.903 bits per heavy atom. The summed E-state index contributed by atoms with van der Waals surface area (Å²) in [7, 11) is 0. The fraction of sp³-hybridized carbons (Fsp3) is 0.571. The van der Waals surface area contributed by atoms with Crippen molar-refractivity contribution in [1.82, 2.24) is 0 Å². The summed E-state index contributed by atoms with van der Waals surface area (Å²) >= 11 is 0. The summed E-state index contributed by atoms with van der Waals surface area (Å²) in [5.41, 5.74) is 1.92. The zero-order valence-corrected chi connectivity index (χ0v) is 16.0. The highest BCUT2D eigenvalue weighted by Crippen LogP contribution is 2.74. The molecule has 0 aromatic carbocycles. The number of rotatable bonds is 0. The maximum Gasteiger partial charge on any atom is 0.198 e. The number of hydrogen-bond acceptors (Lipinski definition) is 10. The Hall–Kier alpha value is -3.43. The van der Waals surface area contributed by atoms with Crippen LogP contribution in [0.25, 0.3) is 0 Å². The third-order valence-electron chi connectivity index (χ3n) is 8.01. The molecule has 3 saturated heterocycles. The zero-order chi connectivity index (χ0) is 21.8. The van der Waals surface area contributed by atoms with Crippen LogP contribution in [0.5, 0.6) is 0 Å². The molecule has 7 atom stereocenters. The second-order valence-corrected chi connectivity index (χ2v) is 8.73. The van der Waals surface area contributed by atoms with E-state index in [1.54, 1.807) is 0 Å². The highest BCUT2D eigenvalue weighted by Gasteiger charge is 2.79. The average Bonchev–Trinajstić information content (AvgIpc) is 3.42. The van der Waals surface area contributed by atoms with Crippen molar-refractivity contribution in [1.29, 1.82) is 26.3 Å². The van der Waals surface area contributed by atoms with Gasteiger partial charge in [-0.15, -0.1) is 0 Å². The molecular formula is C21H14N6O4. The summed E-state index contributed by atoms with van der Waals surface area (Å²) < 4.78 is 23.9. The standard InChI is InChI=1S/C21H14N6O4/c22-2-9-13-15-14(12-4-28-17(13)30-12)19(5-23,6-24)10-1-21(15,18-29-3-11(10)31-18)20(7-25,8-26)16(9)27/h10-12,14,17-18H,1,3-4,27H2. The molecule has 2 aliphatic carbocycles. The second-order valence-electron chi connectivity index (χ2n) is 8.73. The Labute approximate surface area is 176 Å². The van der Waals surface area contributed by atoms with Crippen molar-refractivity contribution >= 4 is 0 Å². The average molecular weight is 414 g/mol. The summed E-state index contributed by atoms with van der Waals surface area (Å²) in [6.45, 7) is 0.239. The number of nitrogens with two attached hydrogens (primary N) is 1. The van der Waals surface area contributed by atoms with Crippen LogP contribution >= 0.6 is 0 Å². The van der Waals surface area contributed by atoms with Gasteiger partial charge in [-0.3, -0.25) is 0 Å². The van der Waals surface area contributed by atoms with Gasteiger partial charge in [0.15, 0.2) is 23.4 Å². The van der Waals surface area contributed by atoms with E-state index in [0.29, 0.717) is 11.1 Å². The van der Waals surface area contributed by atoms with E-state index >= 15 is 0 Å². The monoisotopic (exact) mass is 414 g/mol. The summed E-state index contributed by atoms with van der Waals surface area (Å²) in [4.78, 5) is 0. The van der Waals surface area contributed by atoms with Crippen molar-refractivity contribution in [3.8, 4) is 30.3 Å². The van der Waals surface area contributed by atoms with Gasteiger partial charge in [-0.2, -0.15) is 26.3 Å². The summed E-state index contributed by atoms with van der Waals surface area (Å²) in [5.74, 6) is -1.46. The van der Waals surface area contributed by atoms with E-state index < -0.39 is 52.9 Å². The van der Waals surface area contributed by atoms with Gasteiger partial charge < -0.3 is 24.7 Å². The molecule has 10 heteroatoms. The molecule has 0 radical (unpaired) electrons. The van der Waals surface area contributed by atoms with E-state index in [4.69, 9.17) is 24.7 Å². The lowest BCUT2D eigenvalue weighted by Gasteiger charge is -2.62. The topological polar surface area (TPSA) is 182 Å². The Bertz CT molecular complexity index is 1190. The molecule has 0 aromatic heterocycles. The van der Waals surface area contributed by atoms with Gasteiger partial charge in [0.1, 0.15) is 6.07 Å². The molecule has 152 valence electrons. The minimum atomic E-state index is -1.97. The molecule has 4 aliphatic heterocycles. The van der Waals surface area contributed by atoms with Gasteiger partial charge in [0.2, 0.25) is 0 Å². The van der Waals surface area contributed by atoms with Gasteiger partial charge in [0, 0.05) is 17.4 Å². The molecule has 2 N–H and O–H groups in total. The van der Waals surface area contributed by atoms with Crippen LogP contribution in [0, 0.1) is 84.7 Å². The normalized spacial score (nSPS) is 44.2. The molecule has 6 rings (SSSR count). The molecule has 7 unspecified atom stereocenters. The van der Waals surface area contributed by atoms with Crippen LogP contribution in [-0.2, 0) is 18.9 Å². The lowest BCUT2D eigenvalue weighted by atomic mass is 9.40. The van der Waals surface area contributed by atoms with Crippen LogP contribution in [-0.4, -0.2) is 38.0 Å². The maximum atomic E-state index is 10.3. The van der Waals surface area contributed by atoms with Gasteiger partial charge in [0.05, 0.1) is 66.4 Å². The molecule has 1 saturated carbocycles. The van der Waals surface area contributed by atoms with E-state index in [-0.39, 0.29) is 30.9 Å². The smallest absolute Gasteiger partial charge is 0.198 e. The van der Waals surface area contributed by atoms with Crippen molar-refractivity contribution in [3.63, 3.8) is 0 Å². The van der Waals surface area contributed by atoms with E-state index in [9.17, 15) is 26.3 Å². The van der Waals surface area contributed by atoms with Gasteiger partial charge in [-0.25, -0.2) is 0 Å². The summed E-state index contributed by atoms with van der Waals surface area (Å²) in [6.07, 6.45) is -2.98. The van der Waals surface area contributed by atoms with Gasteiger partial charge in [-0.1, -0.05) is 0 Å². The lowest BCUT2D eigenvalue weighted by molar-refractivity contribution is -0.230. The van der Waals surface area contributed by atoms with Crippen molar-refractivity contribution < 1.29 is 18.9 Å². The van der Waals surface area contributed by atoms with Crippen LogP contribution in [0.2, 0.25) is 0 Å². The first-order valence-corrected chi connectivity index (χ1v) is 9.84. The van der Waals surface area contributed by atoms with Crippen LogP contribution < -0.4 is 5.73 Å². The Kier molecular flexibility index (Phi) is 3.21. The van der Waals surface area contributed by atoms with E-state index in [1.807, 2.05) is 6.07 Å². The molecule has 6 aliphatic rings. The van der Waals surface area contributed by atoms with Crippen molar-refractivity contribution in [3.05, 3.63) is 22.4 Å². The highest BCUT2D eigenvalue weighted by atomic mass is 16.7. The van der Waals surface area contributed by atoms with Crippen molar-refractivity contribution in [2.45, 2.75) is 31.2 Å². The predicted molar refractivity (Wildman–Crippen MR) is 94.4 cm³/mol. The predicted octanol–water partition coefficient (Wildman–Crippen LogP) is 0.233. The number of nitriles is 5. The molecule has 31 heavy (non-hydrogen) atoms.